The zero-order valence-electron chi connectivity index (χ0n) is 13.0. The normalized spacial score (nSPS) is 17.0. The highest BCUT2D eigenvalue weighted by atomic mass is 35.5. The van der Waals surface area contributed by atoms with E-state index in [1.807, 2.05) is 19.1 Å². The van der Waals surface area contributed by atoms with Gasteiger partial charge < -0.3 is 14.5 Å². The van der Waals surface area contributed by atoms with Crippen LogP contribution in [0.25, 0.3) is 11.5 Å². The minimum Gasteiger partial charge on any atom is -0.423 e. The van der Waals surface area contributed by atoms with Crippen LogP contribution in [0.2, 0.25) is 5.02 Å². The zero-order valence-corrected chi connectivity index (χ0v) is 13.8. The van der Waals surface area contributed by atoms with Crippen LogP contribution in [0.3, 0.4) is 0 Å². The van der Waals surface area contributed by atoms with Crippen LogP contribution in [0.4, 0.5) is 0 Å². The summed E-state index contributed by atoms with van der Waals surface area (Å²) in [6.07, 6.45) is 3.99. The lowest BCUT2D eigenvalue weighted by molar-refractivity contribution is -0.122. The van der Waals surface area contributed by atoms with Crippen molar-refractivity contribution in [1.82, 2.24) is 15.5 Å². The van der Waals surface area contributed by atoms with Crippen LogP contribution in [0.1, 0.15) is 26.2 Å². The number of carbonyl (C=O) groups is 1. The molecule has 1 saturated heterocycles. The third-order valence-corrected chi connectivity index (χ3v) is 3.55. The first-order chi connectivity index (χ1) is 11.2. The van der Waals surface area contributed by atoms with E-state index in [2.05, 4.69) is 15.5 Å². The first-order valence-corrected chi connectivity index (χ1v) is 7.96. The molecular weight excluding hydrogens is 318 g/mol. The van der Waals surface area contributed by atoms with E-state index in [1.54, 1.807) is 12.1 Å². The lowest BCUT2D eigenvalue weighted by atomic mass is 10.1. The molecule has 0 aliphatic carbocycles. The molecule has 0 radical (unpaired) electrons. The van der Waals surface area contributed by atoms with Gasteiger partial charge in [0.15, 0.2) is 0 Å². The lowest BCUT2D eigenvalue weighted by Crippen LogP contribution is -2.40. The number of benzene rings is 1. The van der Waals surface area contributed by atoms with Crippen molar-refractivity contribution < 1.29 is 13.9 Å². The summed E-state index contributed by atoms with van der Waals surface area (Å²) in [6, 6.07) is 7.48. The summed E-state index contributed by atoms with van der Waals surface area (Å²) in [5.74, 6) is 0.632. The van der Waals surface area contributed by atoms with E-state index in [9.17, 15) is 4.79 Å². The number of hydrogen-bond donors (Lipinski definition) is 1. The first kappa shape index (κ1) is 17.4. The van der Waals surface area contributed by atoms with Crippen LogP contribution in [0.5, 0.6) is 0 Å². The quantitative estimate of drug-likeness (QED) is 0.931. The Morgan fingerprint density at radius 2 is 2.17 bits per heavy atom. The van der Waals surface area contributed by atoms with Crippen molar-refractivity contribution in [2.24, 2.45) is 0 Å². The molecular formula is C16H20ClN3O3. The molecule has 7 heteroatoms. The second-order valence-corrected chi connectivity index (χ2v) is 5.52. The Kier molecular flexibility index (Phi) is 7.03. The number of rotatable bonds is 3. The number of amides is 1. The van der Waals surface area contributed by atoms with Crippen LogP contribution in [-0.2, 0) is 9.53 Å². The van der Waals surface area contributed by atoms with Crippen molar-refractivity contribution in [3.8, 4) is 11.5 Å². The number of nitrogens with zero attached hydrogens (tertiary/aromatic N) is 2. The molecule has 2 heterocycles. The number of halogens is 1. The molecule has 23 heavy (non-hydrogen) atoms. The third kappa shape index (κ3) is 6.00. The minimum absolute atomic E-state index is 0.125. The van der Waals surface area contributed by atoms with Gasteiger partial charge in [-0.2, -0.15) is 0 Å². The van der Waals surface area contributed by atoms with Crippen molar-refractivity contribution >= 4 is 17.5 Å². The van der Waals surface area contributed by atoms with Crippen LogP contribution in [0.15, 0.2) is 35.1 Å². The fourth-order valence-electron chi connectivity index (χ4n) is 2.08. The average molecular weight is 338 g/mol. The molecule has 124 valence electrons. The molecule has 3 rings (SSSR count). The summed E-state index contributed by atoms with van der Waals surface area (Å²) in [4.78, 5) is 10.9. The number of aromatic nitrogens is 2. The summed E-state index contributed by atoms with van der Waals surface area (Å²) in [6.45, 7) is 3.39. The molecule has 1 fully saturated rings. The SMILES string of the molecule is CCC(=O)NC1CCCOC1.Clc1ccc(-c2nnco2)cc1. The molecule has 6 nitrogen and oxygen atoms in total. The monoisotopic (exact) mass is 337 g/mol. The molecule has 0 spiro atoms. The van der Waals surface area contributed by atoms with E-state index in [0.29, 0.717) is 23.9 Å². The van der Waals surface area contributed by atoms with E-state index in [4.69, 9.17) is 20.8 Å². The van der Waals surface area contributed by atoms with E-state index < -0.39 is 0 Å². The van der Waals surface area contributed by atoms with E-state index in [-0.39, 0.29) is 11.9 Å². The maximum Gasteiger partial charge on any atom is 0.247 e. The van der Waals surface area contributed by atoms with Gasteiger partial charge in [0.1, 0.15) is 0 Å². The number of nitrogens with one attached hydrogen (secondary N) is 1. The fourth-order valence-corrected chi connectivity index (χ4v) is 2.20. The zero-order chi connectivity index (χ0) is 16.5. The predicted molar refractivity (Wildman–Crippen MR) is 87.0 cm³/mol. The van der Waals surface area contributed by atoms with Crippen molar-refractivity contribution in [2.45, 2.75) is 32.2 Å². The summed E-state index contributed by atoms with van der Waals surface area (Å²) in [5.41, 5.74) is 0.872. The Labute approximate surface area is 140 Å². The Morgan fingerprint density at radius 1 is 1.39 bits per heavy atom. The molecule has 0 saturated carbocycles. The fraction of sp³-hybridized carbons (Fsp3) is 0.438. The maximum absolute atomic E-state index is 10.9. The van der Waals surface area contributed by atoms with Crippen molar-refractivity contribution in [3.63, 3.8) is 0 Å². The Balaban J connectivity index is 0.000000168. The van der Waals surface area contributed by atoms with Crippen LogP contribution < -0.4 is 5.32 Å². The van der Waals surface area contributed by atoms with Crippen LogP contribution in [0, 0.1) is 0 Å². The largest absolute Gasteiger partial charge is 0.423 e. The van der Waals surface area contributed by atoms with Gasteiger partial charge >= 0.3 is 0 Å². The highest BCUT2D eigenvalue weighted by Gasteiger charge is 2.14. The summed E-state index contributed by atoms with van der Waals surface area (Å²) >= 11 is 5.71. The molecule has 0 bridgehead atoms. The van der Waals surface area contributed by atoms with Gasteiger partial charge in [0, 0.05) is 23.6 Å². The van der Waals surface area contributed by atoms with Crippen LogP contribution in [-0.4, -0.2) is 35.4 Å². The Morgan fingerprint density at radius 3 is 2.74 bits per heavy atom. The van der Waals surface area contributed by atoms with Gasteiger partial charge in [0.05, 0.1) is 12.6 Å². The lowest BCUT2D eigenvalue weighted by Gasteiger charge is -2.22. The number of carbonyl (C=O) groups excluding carboxylic acids is 1. The van der Waals surface area contributed by atoms with Gasteiger partial charge in [0.2, 0.25) is 18.2 Å². The van der Waals surface area contributed by atoms with Gasteiger partial charge in [-0.15, -0.1) is 10.2 Å². The Hall–Kier alpha value is -1.92. The molecule has 1 amide bonds. The minimum atomic E-state index is 0.125. The summed E-state index contributed by atoms with van der Waals surface area (Å²) in [7, 11) is 0. The highest BCUT2D eigenvalue weighted by molar-refractivity contribution is 6.30. The molecule has 2 aromatic rings. The van der Waals surface area contributed by atoms with Crippen molar-refractivity contribution in [1.29, 1.82) is 0 Å². The second kappa shape index (κ2) is 9.27. The molecule has 1 unspecified atom stereocenters. The molecule has 1 N–H and O–H groups in total. The standard InChI is InChI=1S/C8H5ClN2O.C8H15NO2/c9-7-3-1-6(2-4-7)8-11-10-5-12-8;1-2-8(10)9-7-4-3-5-11-6-7/h1-5H;7H,2-6H2,1H3,(H,9,10). The first-order valence-electron chi connectivity index (χ1n) is 7.58. The molecule has 1 atom stereocenters. The van der Waals surface area contributed by atoms with Gasteiger partial charge in [-0.1, -0.05) is 18.5 Å². The average Bonchev–Trinajstić information content (AvgIpc) is 3.11. The van der Waals surface area contributed by atoms with Crippen LogP contribution >= 0.6 is 11.6 Å². The number of hydrogen-bond acceptors (Lipinski definition) is 5. The maximum atomic E-state index is 10.9. The van der Waals surface area contributed by atoms with Gasteiger partial charge in [-0.25, -0.2) is 0 Å². The van der Waals surface area contributed by atoms with Crippen molar-refractivity contribution in [3.05, 3.63) is 35.7 Å². The van der Waals surface area contributed by atoms with E-state index in [0.717, 1.165) is 25.0 Å². The highest BCUT2D eigenvalue weighted by Crippen LogP contribution is 2.18. The Bertz CT molecular complexity index is 581. The predicted octanol–water partition coefficient (Wildman–Crippen LogP) is 3.08. The second-order valence-electron chi connectivity index (χ2n) is 5.09. The summed E-state index contributed by atoms with van der Waals surface area (Å²) in [5, 5.41) is 10.9. The van der Waals surface area contributed by atoms with Crippen molar-refractivity contribution in [2.75, 3.05) is 13.2 Å². The summed E-state index contributed by atoms with van der Waals surface area (Å²) < 4.78 is 10.2. The smallest absolute Gasteiger partial charge is 0.247 e. The van der Waals surface area contributed by atoms with E-state index in [1.165, 1.54) is 6.39 Å². The molecule has 1 aliphatic rings. The molecule has 1 aromatic carbocycles. The third-order valence-electron chi connectivity index (χ3n) is 3.30. The topological polar surface area (TPSA) is 77.2 Å². The molecule has 1 aromatic heterocycles. The molecule has 1 aliphatic heterocycles. The number of ether oxygens (including phenoxy) is 1. The van der Waals surface area contributed by atoms with Gasteiger partial charge in [-0.3, -0.25) is 4.79 Å². The van der Waals surface area contributed by atoms with Gasteiger partial charge in [-0.05, 0) is 37.1 Å². The van der Waals surface area contributed by atoms with E-state index >= 15 is 0 Å². The van der Waals surface area contributed by atoms with Gasteiger partial charge in [0.25, 0.3) is 0 Å².